The van der Waals surface area contributed by atoms with Crippen molar-refractivity contribution in [1.29, 1.82) is 0 Å². The summed E-state index contributed by atoms with van der Waals surface area (Å²) in [6.45, 7) is 20.0. The number of aromatic hydroxyl groups is 4. The number of benzene rings is 8. The molecule has 0 aliphatic carbocycles. The van der Waals surface area contributed by atoms with Crippen LogP contribution < -0.4 is 0 Å². The quantitative estimate of drug-likeness (QED) is 0.0531. The lowest BCUT2D eigenvalue weighted by Crippen LogP contribution is -2.25. The van der Waals surface area contributed by atoms with Gasteiger partial charge in [0.2, 0.25) is 0 Å². The second-order valence-electron chi connectivity index (χ2n) is 20.6. The fourth-order valence-corrected chi connectivity index (χ4v) is 7.79. The van der Waals surface area contributed by atoms with Crippen LogP contribution in [0.4, 0.5) is 0 Å². The van der Waals surface area contributed by atoms with Crippen LogP contribution in [0.2, 0.25) is 0 Å². The summed E-state index contributed by atoms with van der Waals surface area (Å²) in [5.74, 6) is 0.0507. The van der Waals surface area contributed by atoms with E-state index in [1.165, 1.54) is 0 Å². The van der Waals surface area contributed by atoms with E-state index in [1.807, 2.05) is 166 Å². The Morgan fingerprint density at radius 1 is 0.337 bits per heavy atom. The Morgan fingerprint density at radius 3 is 0.860 bits per heavy atom. The highest BCUT2D eigenvalue weighted by Crippen LogP contribution is 2.32. The predicted octanol–water partition coefficient (Wildman–Crippen LogP) is 20.4. The Hall–Kier alpha value is -8.12. The van der Waals surface area contributed by atoms with Crippen LogP contribution in [-0.2, 0) is 64.6 Å². The third-order valence-electron chi connectivity index (χ3n) is 14.3. The molecule has 0 aromatic heterocycles. The Balaban J connectivity index is -0.000000506. The molecular formula is C74H108O12. The lowest BCUT2D eigenvalue weighted by molar-refractivity contribution is -0.156. The van der Waals surface area contributed by atoms with Gasteiger partial charge in [0, 0.05) is 21.5 Å². The number of carbonyl (C=O) groups is 4. The number of ether oxygens (including phenoxy) is 4. The van der Waals surface area contributed by atoms with Crippen LogP contribution >= 0.6 is 0 Å². The predicted molar refractivity (Wildman–Crippen MR) is 363 cm³/mol. The molecule has 8 rings (SSSR count). The smallest absolute Gasteiger partial charge is 0.311 e. The van der Waals surface area contributed by atoms with Crippen LogP contribution in [0.15, 0.2) is 146 Å². The molecule has 8 aromatic carbocycles. The highest BCUT2D eigenvalue weighted by atomic mass is 16.5. The van der Waals surface area contributed by atoms with Crippen molar-refractivity contribution in [3.63, 3.8) is 0 Å². The van der Waals surface area contributed by atoms with Crippen molar-refractivity contribution in [3.05, 3.63) is 168 Å². The zero-order valence-corrected chi connectivity index (χ0v) is 46.7. The largest absolute Gasteiger partial charge is 0.507 e. The maximum Gasteiger partial charge on any atom is 0.311 e. The normalized spacial score (nSPS) is 10.8. The lowest BCUT2D eigenvalue weighted by Gasteiger charge is -2.20. The summed E-state index contributed by atoms with van der Waals surface area (Å²) in [5, 5.41) is 46.0. The van der Waals surface area contributed by atoms with Crippen LogP contribution in [0.1, 0.15) is 177 Å². The molecule has 0 saturated carbocycles. The van der Waals surface area contributed by atoms with Gasteiger partial charge in [-0.25, -0.2) is 0 Å². The first kappa shape index (κ1) is 84.3. The first-order chi connectivity index (χ1) is 37.2. The standard InChI is InChI=1S/2C17H20O3.2C16H18O3.8CH4/c1-4-17(2,3)16(19)20-11-12-7-5-9-14-13(12)8-6-10-15(14)18;1-4-17(2,3)16(19)20-11-12-9-10-15(18)14-8-6-5-7-13(12)14;1-3-11(2)16(18)19-10-12-6-4-8-14-13(12)7-5-9-15(14)17;1-3-11(2)16(18)19-10-12-8-9-15(17)14-7-5-4-6-13(12)14;;;;;;;;/h2*5-10,18H,4,11H2,1-3H3;2*4-9,11,17H,3,10H2,1-2H3;8*1H4. The minimum atomic E-state index is -0.466. The van der Waals surface area contributed by atoms with E-state index in [2.05, 4.69) is 0 Å². The average Bonchev–Trinajstić information content (AvgIpc) is 3.18. The number of hydrogen-bond donors (Lipinski definition) is 4. The molecule has 4 N–H and O–H groups in total. The molecule has 0 aliphatic heterocycles. The van der Waals surface area contributed by atoms with Crippen LogP contribution in [-0.4, -0.2) is 44.3 Å². The van der Waals surface area contributed by atoms with E-state index < -0.39 is 10.8 Å². The topological polar surface area (TPSA) is 186 Å². The number of phenolic OH excluding ortho intramolecular Hbond substituents is 4. The lowest BCUT2D eigenvalue weighted by atomic mass is 9.91. The third-order valence-corrected chi connectivity index (χ3v) is 14.3. The van der Waals surface area contributed by atoms with Crippen LogP contribution in [0.25, 0.3) is 43.1 Å². The van der Waals surface area contributed by atoms with Crippen molar-refractivity contribution in [3.8, 4) is 23.0 Å². The van der Waals surface area contributed by atoms with Gasteiger partial charge in [-0.05, 0) is 121 Å². The molecule has 12 heteroatoms. The van der Waals surface area contributed by atoms with E-state index in [-0.39, 0.29) is 145 Å². The second-order valence-corrected chi connectivity index (χ2v) is 20.6. The minimum Gasteiger partial charge on any atom is -0.507 e. The van der Waals surface area contributed by atoms with Gasteiger partial charge in [0.1, 0.15) is 49.4 Å². The Kier molecular flexibility index (Phi) is 38.7. The molecule has 8 aromatic rings. The summed E-state index contributed by atoms with van der Waals surface area (Å²) in [5.41, 5.74) is 2.69. The van der Waals surface area contributed by atoms with Crippen molar-refractivity contribution in [2.45, 2.75) is 181 Å². The minimum absolute atomic E-state index is 0. The monoisotopic (exact) mass is 1190 g/mol. The average molecular weight is 1190 g/mol. The first-order valence-electron chi connectivity index (χ1n) is 26.6. The zero-order valence-electron chi connectivity index (χ0n) is 46.7. The van der Waals surface area contributed by atoms with Crippen LogP contribution in [0.5, 0.6) is 23.0 Å². The molecule has 0 heterocycles. The van der Waals surface area contributed by atoms with E-state index >= 15 is 0 Å². The number of carbonyl (C=O) groups excluding carboxylic acids is 4. The number of rotatable bonds is 16. The Morgan fingerprint density at radius 2 is 0.570 bits per heavy atom. The van der Waals surface area contributed by atoms with E-state index in [0.29, 0.717) is 0 Å². The van der Waals surface area contributed by atoms with Crippen LogP contribution in [0.3, 0.4) is 0 Å². The van der Waals surface area contributed by atoms with Crippen molar-refractivity contribution < 1.29 is 58.6 Å². The van der Waals surface area contributed by atoms with E-state index in [9.17, 15) is 39.6 Å². The Bertz CT molecular complexity index is 3190. The fourth-order valence-electron chi connectivity index (χ4n) is 7.79. The first-order valence-corrected chi connectivity index (χ1v) is 26.6. The summed E-state index contributed by atoms with van der Waals surface area (Å²) in [6, 6.07) is 43.9. The number of phenols is 4. The van der Waals surface area contributed by atoms with Gasteiger partial charge in [-0.1, -0.05) is 222 Å². The van der Waals surface area contributed by atoms with Gasteiger partial charge in [-0.2, -0.15) is 0 Å². The zero-order chi connectivity index (χ0) is 57.2. The summed E-state index contributed by atoms with van der Waals surface area (Å²) in [6.07, 6.45) is 3.02. The number of fused-ring (bicyclic) bond motifs is 4. The molecule has 86 heavy (non-hydrogen) atoms. The molecule has 0 bridgehead atoms. The SMILES string of the molecule is C.C.C.C.C.C.C.C.CCC(C)(C)C(=O)OCc1ccc(O)c2ccccc12.CCC(C)(C)C(=O)OCc1cccc2c(O)cccc12.CCC(C)C(=O)OCc1ccc(O)c2ccccc12.CCC(C)C(=O)OCc1cccc2c(O)cccc12. The molecule has 0 amide bonds. The molecule has 2 unspecified atom stereocenters. The van der Waals surface area contributed by atoms with Crippen molar-refractivity contribution in [1.82, 2.24) is 0 Å². The molecular weight excluding hydrogens is 1080 g/mol. The molecule has 0 aliphatic rings. The molecule has 0 fully saturated rings. The van der Waals surface area contributed by atoms with Gasteiger partial charge in [0.15, 0.2) is 0 Å². The molecule has 476 valence electrons. The van der Waals surface area contributed by atoms with Gasteiger partial charge in [0.05, 0.1) is 22.7 Å². The van der Waals surface area contributed by atoms with Gasteiger partial charge in [0.25, 0.3) is 0 Å². The van der Waals surface area contributed by atoms with Gasteiger partial charge < -0.3 is 39.4 Å². The molecule has 12 nitrogen and oxygen atoms in total. The van der Waals surface area contributed by atoms with Crippen molar-refractivity contribution >= 4 is 67.0 Å². The summed E-state index contributed by atoms with van der Waals surface area (Å²) in [4.78, 5) is 47.4. The summed E-state index contributed by atoms with van der Waals surface area (Å²) in [7, 11) is 0. The molecule has 0 radical (unpaired) electrons. The van der Waals surface area contributed by atoms with E-state index in [1.54, 1.807) is 48.5 Å². The van der Waals surface area contributed by atoms with Crippen LogP contribution in [0, 0.1) is 22.7 Å². The third kappa shape index (κ3) is 22.4. The molecule has 0 spiro atoms. The van der Waals surface area contributed by atoms with E-state index in [0.717, 1.165) is 91.0 Å². The highest BCUT2D eigenvalue weighted by Gasteiger charge is 2.28. The van der Waals surface area contributed by atoms with Gasteiger partial charge in [-0.3, -0.25) is 19.2 Å². The van der Waals surface area contributed by atoms with Crippen molar-refractivity contribution in [2.24, 2.45) is 22.7 Å². The number of hydrogen-bond acceptors (Lipinski definition) is 12. The maximum absolute atomic E-state index is 12.0. The second kappa shape index (κ2) is 39.5. The number of esters is 4. The summed E-state index contributed by atoms with van der Waals surface area (Å²) < 4.78 is 21.4. The van der Waals surface area contributed by atoms with E-state index in [4.69, 9.17) is 18.9 Å². The maximum atomic E-state index is 12.0. The summed E-state index contributed by atoms with van der Waals surface area (Å²) >= 11 is 0. The van der Waals surface area contributed by atoms with Crippen molar-refractivity contribution in [2.75, 3.05) is 0 Å². The molecule has 0 saturated heterocycles. The van der Waals surface area contributed by atoms with Gasteiger partial charge >= 0.3 is 23.9 Å². The highest BCUT2D eigenvalue weighted by molar-refractivity contribution is 5.93. The van der Waals surface area contributed by atoms with Gasteiger partial charge in [-0.15, -0.1) is 0 Å². The molecule has 2 atom stereocenters. The fraction of sp³-hybridized carbons (Fsp3) is 0.405. The Labute approximate surface area is 517 Å².